The van der Waals surface area contributed by atoms with Crippen molar-refractivity contribution in [2.75, 3.05) is 0 Å². The molecule has 0 aliphatic carbocycles. The summed E-state index contributed by atoms with van der Waals surface area (Å²) in [5, 5.41) is 10.2. The molecule has 0 spiro atoms. The van der Waals surface area contributed by atoms with Crippen LogP contribution in [0.3, 0.4) is 0 Å². The third kappa shape index (κ3) is 2.58. The van der Waals surface area contributed by atoms with E-state index in [0.717, 1.165) is 6.42 Å². The molecule has 1 aromatic carbocycles. The fraction of sp³-hybridized carbons (Fsp3) is 0.538. The summed E-state index contributed by atoms with van der Waals surface area (Å²) >= 11 is 0. The minimum Gasteiger partial charge on any atom is -0.390 e. The molecule has 0 saturated heterocycles. The molecule has 1 nitrogen and oxygen atoms in total. The third-order valence-corrected chi connectivity index (χ3v) is 3.05. The lowest BCUT2D eigenvalue weighted by molar-refractivity contribution is 0.0138. The highest BCUT2D eigenvalue weighted by Gasteiger charge is 2.25. The van der Waals surface area contributed by atoms with Crippen LogP contribution < -0.4 is 0 Å². The summed E-state index contributed by atoms with van der Waals surface area (Å²) < 4.78 is 0. The van der Waals surface area contributed by atoms with Crippen molar-refractivity contribution >= 4 is 0 Å². The van der Waals surface area contributed by atoms with Gasteiger partial charge in [0.1, 0.15) is 0 Å². The lowest BCUT2D eigenvalue weighted by Crippen LogP contribution is -2.33. The Morgan fingerprint density at radius 2 is 1.86 bits per heavy atom. The predicted octanol–water partition coefficient (Wildman–Crippen LogP) is 2.94. The van der Waals surface area contributed by atoms with E-state index in [1.54, 1.807) is 0 Å². The van der Waals surface area contributed by atoms with Crippen molar-refractivity contribution in [3.8, 4) is 0 Å². The van der Waals surface area contributed by atoms with Gasteiger partial charge in [-0.1, -0.05) is 38.1 Å². The Balaban J connectivity index is 2.84. The Hall–Kier alpha value is -0.820. The van der Waals surface area contributed by atoms with E-state index >= 15 is 0 Å². The zero-order valence-electron chi connectivity index (χ0n) is 9.54. The lowest BCUT2D eigenvalue weighted by Gasteiger charge is -2.28. The summed E-state index contributed by atoms with van der Waals surface area (Å²) in [4.78, 5) is 0. The standard InChI is InChI=1S/C13H20O/c1-10(2)13(4,14)9-12-8-6-5-7-11(12)3/h5-8,10,14H,9H2,1-4H3. The van der Waals surface area contributed by atoms with Crippen LogP contribution >= 0.6 is 0 Å². The molecule has 0 heterocycles. The fourth-order valence-corrected chi connectivity index (χ4v) is 1.40. The van der Waals surface area contributed by atoms with Gasteiger partial charge in [-0.3, -0.25) is 0 Å². The summed E-state index contributed by atoms with van der Waals surface area (Å²) in [7, 11) is 0. The second kappa shape index (κ2) is 4.14. The van der Waals surface area contributed by atoms with Crippen LogP contribution in [0.4, 0.5) is 0 Å². The van der Waals surface area contributed by atoms with Crippen molar-refractivity contribution in [3.63, 3.8) is 0 Å². The summed E-state index contributed by atoms with van der Waals surface area (Å²) in [5.74, 6) is 0.280. The molecule has 1 N–H and O–H groups in total. The first-order valence-electron chi connectivity index (χ1n) is 5.20. The minimum atomic E-state index is -0.605. The van der Waals surface area contributed by atoms with E-state index < -0.39 is 5.60 Å². The van der Waals surface area contributed by atoms with Crippen molar-refractivity contribution in [2.45, 2.75) is 39.7 Å². The van der Waals surface area contributed by atoms with Gasteiger partial charge >= 0.3 is 0 Å². The largest absolute Gasteiger partial charge is 0.390 e. The topological polar surface area (TPSA) is 20.2 Å². The Kier molecular flexibility index (Phi) is 3.33. The zero-order valence-corrected chi connectivity index (χ0v) is 9.54. The second-order valence-electron chi connectivity index (χ2n) is 4.62. The van der Waals surface area contributed by atoms with Crippen molar-refractivity contribution < 1.29 is 5.11 Å². The average Bonchev–Trinajstić information content (AvgIpc) is 2.08. The Morgan fingerprint density at radius 3 is 2.36 bits per heavy atom. The third-order valence-electron chi connectivity index (χ3n) is 3.05. The number of rotatable bonds is 3. The predicted molar refractivity (Wildman–Crippen MR) is 60.3 cm³/mol. The molecule has 0 aliphatic rings. The molecule has 0 amide bonds. The highest BCUT2D eigenvalue weighted by molar-refractivity contribution is 5.27. The molecule has 0 saturated carbocycles. The number of aryl methyl sites for hydroxylation is 1. The van der Waals surface area contributed by atoms with Gasteiger partial charge in [0, 0.05) is 6.42 Å². The van der Waals surface area contributed by atoms with Crippen LogP contribution in [0.5, 0.6) is 0 Å². The van der Waals surface area contributed by atoms with Gasteiger partial charge in [0.15, 0.2) is 0 Å². The molecule has 0 bridgehead atoms. The number of hydrogen-bond acceptors (Lipinski definition) is 1. The smallest absolute Gasteiger partial charge is 0.0682 e. The molecule has 1 rings (SSSR count). The van der Waals surface area contributed by atoms with Crippen LogP contribution in [-0.2, 0) is 6.42 Å². The van der Waals surface area contributed by atoms with Gasteiger partial charge in [-0.15, -0.1) is 0 Å². The van der Waals surface area contributed by atoms with Crippen molar-refractivity contribution in [1.29, 1.82) is 0 Å². The van der Waals surface area contributed by atoms with E-state index in [4.69, 9.17) is 0 Å². The van der Waals surface area contributed by atoms with Crippen LogP contribution in [0, 0.1) is 12.8 Å². The summed E-state index contributed by atoms with van der Waals surface area (Å²) in [6.45, 7) is 8.10. The van der Waals surface area contributed by atoms with Crippen molar-refractivity contribution in [3.05, 3.63) is 35.4 Å². The first-order chi connectivity index (χ1) is 6.43. The van der Waals surface area contributed by atoms with Crippen LogP contribution in [0.15, 0.2) is 24.3 Å². The Labute approximate surface area is 86.8 Å². The Bertz CT molecular complexity index is 300. The number of aliphatic hydroxyl groups is 1. The maximum atomic E-state index is 10.2. The van der Waals surface area contributed by atoms with Crippen LogP contribution in [-0.4, -0.2) is 10.7 Å². The first-order valence-corrected chi connectivity index (χ1v) is 5.20. The van der Waals surface area contributed by atoms with Gasteiger partial charge < -0.3 is 5.11 Å². The fourth-order valence-electron chi connectivity index (χ4n) is 1.40. The van der Waals surface area contributed by atoms with Gasteiger partial charge in [-0.2, -0.15) is 0 Å². The summed E-state index contributed by atoms with van der Waals surface area (Å²) in [5.41, 5.74) is 1.89. The van der Waals surface area contributed by atoms with E-state index in [0.29, 0.717) is 0 Å². The molecule has 78 valence electrons. The summed E-state index contributed by atoms with van der Waals surface area (Å²) in [6, 6.07) is 8.24. The monoisotopic (exact) mass is 192 g/mol. The normalized spacial score (nSPS) is 15.6. The number of hydrogen-bond donors (Lipinski definition) is 1. The maximum Gasteiger partial charge on any atom is 0.0682 e. The molecule has 0 aromatic heterocycles. The van der Waals surface area contributed by atoms with Gasteiger partial charge in [0.2, 0.25) is 0 Å². The molecule has 0 aliphatic heterocycles. The van der Waals surface area contributed by atoms with Gasteiger partial charge in [0.25, 0.3) is 0 Å². The molecule has 1 atom stereocenters. The second-order valence-corrected chi connectivity index (χ2v) is 4.62. The first kappa shape index (κ1) is 11.3. The van der Waals surface area contributed by atoms with Crippen LogP contribution in [0.25, 0.3) is 0 Å². The molecule has 1 heteroatoms. The molecule has 0 fully saturated rings. The van der Waals surface area contributed by atoms with E-state index in [9.17, 15) is 5.11 Å². The lowest BCUT2D eigenvalue weighted by atomic mass is 9.85. The van der Waals surface area contributed by atoms with Crippen LogP contribution in [0.2, 0.25) is 0 Å². The SMILES string of the molecule is Cc1ccccc1CC(C)(O)C(C)C. The molecule has 1 aromatic rings. The zero-order chi connectivity index (χ0) is 10.8. The van der Waals surface area contributed by atoms with E-state index in [-0.39, 0.29) is 5.92 Å². The minimum absolute atomic E-state index is 0.280. The molecular weight excluding hydrogens is 172 g/mol. The van der Waals surface area contributed by atoms with Gasteiger partial charge in [-0.05, 0) is 30.9 Å². The average molecular weight is 192 g/mol. The van der Waals surface area contributed by atoms with E-state index in [1.165, 1.54) is 11.1 Å². The molecular formula is C13H20O. The highest BCUT2D eigenvalue weighted by atomic mass is 16.3. The maximum absolute atomic E-state index is 10.2. The molecule has 1 unspecified atom stereocenters. The van der Waals surface area contributed by atoms with Crippen molar-refractivity contribution in [1.82, 2.24) is 0 Å². The van der Waals surface area contributed by atoms with Crippen molar-refractivity contribution in [2.24, 2.45) is 5.92 Å². The van der Waals surface area contributed by atoms with E-state index in [2.05, 4.69) is 32.9 Å². The summed E-state index contributed by atoms with van der Waals surface area (Å²) in [6.07, 6.45) is 0.733. The molecule has 0 radical (unpaired) electrons. The van der Waals surface area contributed by atoms with Crippen LogP contribution in [0.1, 0.15) is 31.9 Å². The van der Waals surface area contributed by atoms with E-state index in [1.807, 2.05) is 19.1 Å². The Morgan fingerprint density at radius 1 is 1.29 bits per heavy atom. The molecule has 14 heavy (non-hydrogen) atoms. The van der Waals surface area contributed by atoms with Gasteiger partial charge in [-0.25, -0.2) is 0 Å². The highest BCUT2D eigenvalue weighted by Crippen LogP contribution is 2.23. The van der Waals surface area contributed by atoms with Gasteiger partial charge in [0.05, 0.1) is 5.60 Å². The number of benzene rings is 1. The quantitative estimate of drug-likeness (QED) is 0.780.